The van der Waals surface area contributed by atoms with Crippen molar-refractivity contribution < 1.29 is 19.1 Å². The zero-order chi connectivity index (χ0) is 16.7. The van der Waals surface area contributed by atoms with E-state index in [2.05, 4.69) is 26.6 Å². The molecule has 1 aromatic rings. The molecule has 2 N–H and O–H groups in total. The minimum Gasteiger partial charge on any atom is -0.469 e. The molecule has 0 aliphatic carbocycles. The summed E-state index contributed by atoms with van der Waals surface area (Å²) in [5.74, 6) is -0.484. The van der Waals surface area contributed by atoms with Crippen LogP contribution in [0.15, 0.2) is 28.7 Å². The van der Waals surface area contributed by atoms with E-state index in [1.807, 2.05) is 24.3 Å². The van der Waals surface area contributed by atoms with Gasteiger partial charge in [0.2, 0.25) is 5.91 Å². The van der Waals surface area contributed by atoms with Gasteiger partial charge in [-0.25, -0.2) is 0 Å². The van der Waals surface area contributed by atoms with E-state index >= 15 is 0 Å². The number of amides is 1. The van der Waals surface area contributed by atoms with Gasteiger partial charge >= 0.3 is 5.97 Å². The number of benzene rings is 1. The first kappa shape index (κ1) is 17.9. The highest BCUT2D eigenvalue weighted by atomic mass is 79.9. The van der Waals surface area contributed by atoms with Gasteiger partial charge in [-0.1, -0.05) is 28.1 Å². The zero-order valence-electron chi connectivity index (χ0n) is 13.0. The molecule has 0 bridgehead atoms. The molecule has 1 aliphatic heterocycles. The second-order valence-corrected chi connectivity index (χ2v) is 6.30. The number of nitrogens with one attached hydrogen (secondary N) is 2. The van der Waals surface area contributed by atoms with Crippen LogP contribution in [0, 0.1) is 0 Å². The van der Waals surface area contributed by atoms with Crippen molar-refractivity contribution in [2.24, 2.45) is 0 Å². The van der Waals surface area contributed by atoms with Gasteiger partial charge in [-0.3, -0.25) is 9.59 Å². The lowest BCUT2D eigenvalue weighted by atomic mass is 10.0. The van der Waals surface area contributed by atoms with Crippen LogP contribution in [0.2, 0.25) is 0 Å². The summed E-state index contributed by atoms with van der Waals surface area (Å²) < 4.78 is 11.0. The summed E-state index contributed by atoms with van der Waals surface area (Å²) in [7, 11) is 1.34. The zero-order valence-corrected chi connectivity index (χ0v) is 14.6. The van der Waals surface area contributed by atoms with Crippen LogP contribution in [0.1, 0.15) is 24.4 Å². The summed E-state index contributed by atoms with van der Waals surface area (Å²) in [6, 6.07) is 7.10. The third-order valence-electron chi connectivity index (χ3n) is 3.64. The van der Waals surface area contributed by atoms with Crippen molar-refractivity contribution in [2.45, 2.75) is 24.9 Å². The number of esters is 1. The van der Waals surface area contributed by atoms with Crippen LogP contribution in [-0.4, -0.2) is 44.8 Å². The second-order valence-electron chi connectivity index (χ2n) is 5.38. The maximum absolute atomic E-state index is 12.3. The molecule has 0 aromatic heterocycles. The monoisotopic (exact) mass is 384 g/mol. The first-order valence-electron chi connectivity index (χ1n) is 7.51. The number of hydrogen-bond donors (Lipinski definition) is 2. The van der Waals surface area contributed by atoms with Gasteiger partial charge in [-0.05, 0) is 17.7 Å². The predicted octanol–water partition coefficient (Wildman–Crippen LogP) is 1.55. The first-order valence-corrected chi connectivity index (χ1v) is 8.30. The quantitative estimate of drug-likeness (QED) is 0.727. The Morgan fingerprint density at radius 2 is 2.17 bits per heavy atom. The lowest BCUT2D eigenvalue weighted by Crippen LogP contribution is -2.44. The molecule has 1 aromatic carbocycles. The van der Waals surface area contributed by atoms with Crippen LogP contribution in [0.25, 0.3) is 0 Å². The van der Waals surface area contributed by atoms with Gasteiger partial charge < -0.3 is 20.1 Å². The Bertz CT molecular complexity index is 529. The number of rotatable bonds is 6. The van der Waals surface area contributed by atoms with Gasteiger partial charge in [0.15, 0.2) is 0 Å². The summed E-state index contributed by atoms with van der Waals surface area (Å²) in [4.78, 5) is 23.9. The molecular weight excluding hydrogens is 364 g/mol. The van der Waals surface area contributed by atoms with Crippen molar-refractivity contribution in [3.63, 3.8) is 0 Å². The lowest BCUT2D eigenvalue weighted by Gasteiger charge is -2.25. The molecule has 0 saturated carbocycles. The molecule has 23 heavy (non-hydrogen) atoms. The smallest absolute Gasteiger partial charge is 0.307 e. The molecule has 126 valence electrons. The molecule has 0 spiro atoms. The molecule has 2 rings (SSSR count). The first-order chi connectivity index (χ1) is 11.1. The van der Waals surface area contributed by atoms with E-state index < -0.39 is 6.04 Å². The van der Waals surface area contributed by atoms with E-state index in [4.69, 9.17) is 9.47 Å². The van der Waals surface area contributed by atoms with Crippen LogP contribution < -0.4 is 10.6 Å². The number of ether oxygens (including phenoxy) is 2. The van der Waals surface area contributed by atoms with Crippen molar-refractivity contribution in [1.29, 1.82) is 0 Å². The maximum Gasteiger partial charge on any atom is 0.307 e. The van der Waals surface area contributed by atoms with Crippen molar-refractivity contribution in [1.82, 2.24) is 10.6 Å². The molecule has 2 unspecified atom stereocenters. The normalized spacial score (nSPS) is 19.0. The highest BCUT2D eigenvalue weighted by molar-refractivity contribution is 9.10. The Morgan fingerprint density at radius 3 is 2.78 bits per heavy atom. The topological polar surface area (TPSA) is 76.7 Å². The number of carbonyl (C=O) groups excluding carboxylic acids is 2. The molecule has 1 saturated heterocycles. The van der Waals surface area contributed by atoms with Crippen molar-refractivity contribution in [2.75, 3.05) is 26.9 Å². The van der Waals surface area contributed by atoms with Crippen LogP contribution in [0.3, 0.4) is 0 Å². The lowest BCUT2D eigenvalue weighted by molar-refractivity contribution is -0.141. The Morgan fingerprint density at radius 1 is 1.43 bits per heavy atom. The average molecular weight is 385 g/mol. The van der Waals surface area contributed by atoms with E-state index in [-0.39, 0.29) is 24.3 Å². The minimum atomic E-state index is -0.410. The summed E-state index contributed by atoms with van der Waals surface area (Å²) in [5.41, 5.74) is 0.861. The van der Waals surface area contributed by atoms with E-state index in [1.165, 1.54) is 7.11 Å². The fourth-order valence-electron chi connectivity index (χ4n) is 2.43. The maximum atomic E-state index is 12.3. The number of morpholine rings is 1. The van der Waals surface area contributed by atoms with E-state index in [0.29, 0.717) is 19.6 Å². The average Bonchev–Trinajstić information content (AvgIpc) is 2.55. The van der Waals surface area contributed by atoms with Crippen molar-refractivity contribution in [3.05, 3.63) is 34.3 Å². The number of halogens is 1. The number of methoxy groups -OCH3 is 1. The molecule has 6 nitrogen and oxygen atoms in total. The predicted molar refractivity (Wildman–Crippen MR) is 88.9 cm³/mol. The molecule has 0 radical (unpaired) electrons. The fraction of sp³-hybridized carbons (Fsp3) is 0.500. The summed E-state index contributed by atoms with van der Waals surface area (Å²) >= 11 is 3.37. The molecule has 1 heterocycles. The third-order valence-corrected chi connectivity index (χ3v) is 4.16. The third kappa shape index (κ3) is 5.93. The van der Waals surface area contributed by atoms with Gasteiger partial charge in [-0.15, -0.1) is 0 Å². The van der Waals surface area contributed by atoms with E-state index in [9.17, 15) is 9.59 Å². The SMILES string of the molecule is COC(=O)CC(NC(=O)CC1COCCN1)c1ccc(Br)cc1. The summed E-state index contributed by atoms with van der Waals surface area (Å²) in [6.07, 6.45) is 0.409. The molecule has 2 atom stereocenters. The van der Waals surface area contributed by atoms with Crippen LogP contribution in [-0.2, 0) is 19.1 Å². The highest BCUT2D eigenvalue weighted by Crippen LogP contribution is 2.20. The molecule has 7 heteroatoms. The van der Waals surface area contributed by atoms with Gasteiger partial charge in [0.25, 0.3) is 0 Å². The van der Waals surface area contributed by atoms with Crippen LogP contribution >= 0.6 is 15.9 Å². The number of carbonyl (C=O) groups is 2. The van der Waals surface area contributed by atoms with Crippen LogP contribution in [0.5, 0.6) is 0 Å². The second kappa shape index (κ2) is 9.00. The summed E-state index contributed by atoms with van der Waals surface area (Å²) in [6.45, 7) is 1.94. The van der Waals surface area contributed by atoms with Crippen molar-refractivity contribution >= 4 is 27.8 Å². The Kier molecular flexibility index (Phi) is 7.01. The number of hydrogen-bond acceptors (Lipinski definition) is 5. The largest absolute Gasteiger partial charge is 0.469 e. The Hall–Kier alpha value is -1.44. The van der Waals surface area contributed by atoms with Gasteiger partial charge in [0.05, 0.1) is 32.8 Å². The van der Waals surface area contributed by atoms with Crippen LogP contribution in [0.4, 0.5) is 0 Å². The fourth-order valence-corrected chi connectivity index (χ4v) is 2.69. The summed E-state index contributed by atoms with van der Waals surface area (Å²) in [5, 5.41) is 6.15. The Labute approximate surface area is 144 Å². The Balaban J connectivity index is 1.99. The molecule has 1 amide bonds. The van der Waals surface area contributed by atoms with Crippen molar-refractivity contribution in [3.8, 4) is 0 Å². The van der Waals surface area contributed by atoms with E-state index in [1.54, 1.807) is 0 Å². The van der Waals surface area contributed by atoms with E-state index in [0.717, 1.165) is 16.6 Å². The highest BCUT2D eigenvalue weighted by Gasteiger charge is 2.22. The van der Waals surface area contributed by atoms with Gasteiger partial charge in [0.1, 0.15) is 0 Å². The molecule has 1 aliphatic rings. The molecule has 1 fully saturated rings. The standard InChI is InChI=1S/C16H21BrN2O4/c1-22-16(21)9-14(11-2-4-12(17)5-3-11)19-15(20)8-13-10-23-7-6-18-13/h2-5,13-14,18H,6-10H2,1H3,(H,19,20). The minimum absolute atomic E-state index is 0.00689. The molecular formula is C16H21BrN2O4. The van der Waals surface area contributed by atoms with Gasteiger partial charge in [-0.2, -0.15) is 0 Å². The van der Waals surface area contributed by atoms with Gasteiger partial charge in [0, 0.05) is 23.5 Å².